The fourth-order valence-electron chi connectivity index (χ4n) is 1.82. The van der Waals surface area contributed by atoms with Crippen LogP contribution in [0.4, 0.5) is 0 Å². The Bertz CT molecular complexity index is 655. The van der Waals surface area contributed by atoms with Gasteiger partial charge >= 0.3 is 0 Å². The van der Waals surface area contributed by atoms with Crippen molar-refractivity contribution in [2.75, 3.05) is 0 Å². The molecule has 0 saturated heterocycles. The molecule has 0 aliphatic carbocycles. The van der Waals surface area contributed by atoms with E-state index in [0.717, 1.165) is 16.6 Å². The molecule has 0 spiro atoms. The van der Waals surface area contributed by atoms with Crippen LogP contribution in [0.25, 0.3) is 22.5 Å². The minimum atomic E-state index is -0.128. The molecule has 2 heterocycles. The highest BCUT2D eigenvalue weighted by molar-refractivity contribution is 5.84. The van der Waals surface area contributed by atoms with Gasteiger partial charge in [0.25, 0.3) is 5.89 Å². The molecule has 0 unspecified atom stereocenters. The van der Waals surface area contributed by atoms with Crippen LogP contribution >= 0.6 is 0 Å². The van der Waals surface area contributed by atoms with Gasteiger partial charge in [-0.3, -0.25) is 0 Å². The summed E-state index contributed by atoms with van der Waals surface area (Å²) in [5.41, 5.74) is 1.80. The third kappa shape index (κ3) is 1.79. The maximum atomic E-state index is 5.71. The Morgan fingerprint density at radius 3 is 2.56 bits per heavy atom. The van der Waals surface area contributed by atoms with E-state index in [-0.39, 0.29) is 5.41 Å². The Labute approximate surface area is 105 Å². The van der Waals surface area contributed by atoms with Crippen LogP contribution in [0.5, 0.6) is 0 Å². The van der Waals surface area contributed by atoms with Crippen molar-refractivity contribution in [2.45, 2.75) is 26.2 Å². The third-order valence-electron chi connectivity index (χ3n) is 2.83. The van der Waals surface area contributed by atoms with Gasteiger partial charge in [-0.25, -0.2) is 0 Å². The summed E-state index contributed by atoms with van der Waals surface area (Å²) in [7, 11) is 0. The molecule has 0 aliphatic heterocycles. The van der Waals surface area contributed by atoms with E-state index in [2.05, 4.69) is 42.0 Å². The van der Waals surface area contributed by atoms with Gasteiger partial charge in [0.1, 0.15) is 5.69 Å². The number of aromatic nitrogens is 3. The molecule has 1 N–H and O–H groups in total. The van der Waals surface area contributed by atoms with Gasteiger partial charge in [-0.1, -0.05) is 39.0 Å². The predicted octanol–water partition coefficient (Wildman–Crippen LogP) is 3.52. The number of aromatic amines is 1. The van der Waals surface area contributed by atoms with E-state index in [1.165, 1.54) is 0 Å². The Hall–Kier alpha value is -2.10. The lowest BCUT2D eigenvalue weighted by atomic mass is 9.97. The highest BCUT2D eigenvalue weighted by atomic mass is 16.4. The first kappa shape index (κ1) is 11.0. The van der Waals surface area contributed by atoms with E-state index in [4.69, 9.17) is 4.42 Å². The molecule has 3 aromatic rings. The van der Waals surface area contributed by atoms with Crippen LogP contribution in [-0.2, 0) is 5.41 Å². The quantitative estimate of drug-likeness (QED) is 0.709. The number of nitrogens with one attached hydrogen (secondary N) is 1. The van der Waals surface area contributed by atoms with Gasteiger partial charge in [-0.15, -0.1) is 10.2 Å². The van der Waals surface area contributed by atoms with Crippen LogP contribution in [-0.4, -0.2) is 15.2 Å². The van der Waals surface area contributed by atoms with Crippen molar-refractivity contribution in [3.05, 3.63) is 36.2 Å². The maximum Gasteiger partial charge on any atom is 0.264 e. The van der Waals surface area contributed by atoms with E-state index in [1.807, 2.05) is 24.3 Å². The number of H-pyrrole nitrogens is 1. The second-order valence-electron chi connectivity index (χ2n) is 5.43. The van der Waals surface area contributed by atoms with Crippen LogP contribution < -0.4 is 0 Å². The number of hydrogen-bond donors (Lipinski definition) is 1. The summed E-state index contributed by atoms with van der Waals surface area (Å²) >= 11 is 0. The molecular formula is C14H15N3O. The number of benzene rings is 1. The molecule has 0 fully saturated rings. The zero-order valence-electron chi connectivity index (χ0n) is 10.7. The second-order valence-corrected chi connectivity index (χ2v) is 5.43. The third-order valence-corrected chi connectivity index (χ3v) is 2.83. The molecule has 3 rings (SSSR count). The SMILES string of the molecule is CC(C)(C)c1nnc(-c2cc3ccccc3[nH]2)o1. The summed E-state index contributed by atoms with van der Waals surface area (Å²) < 4.78 is 5.71. The standard InChI is InChI=1S/C14H15N3O/c1-14(2,3)13-17-16-12(18-13)11-8-9-6-4-5-7-10(9)15-11/h4-8,15H,1-3H3. The molecule has 4 heteroatoms. The average Bonchev–Trinajstić information content (AvgIpc) is 2.94. The van der Waals surface area contributed by atoms with Crippen molar-refractivity contribution in [3.8, 4) is 11.6 Å². The van der Waals surface area contributed by atoms with Crippen LogP contribution in [0.3, 0.4) is 0 Å². The summed E-state index contributed by atoms with van der Waals surface area (Å²) in [6.45, 7) is 6.15. The van der Waals surface area contributed by atoms with Crippen molar-refractivity contribution >= 4 is 10.9 Å². The molecule has 0 bridgehead atoms. The second kappa shape index (κ2) is 3.70. The minimum absolute atomic E-state index is 0.128. The lowest BCUT2D eigenvalue weighted by Gasteiger charge is -2.10. The topological polar surface area (TPSA) is 54.7 Å². The molecule has 4 nitrogen and oxygen atoms in total. The fraction of sp³-hybridized carbons (Fsp3) is 0.286. The van der Waals surface area contributed by atoms with Crippen LogP contribution in [0.2, 0.25) is 0 Å². The minimum Gasteiger partial charge on any atom is -0.419 e. The Kier molecular flexibility index (Phi) is 2.26. The summed E-state index contributed by atoms with van der Waals surface area (Å²) in [5, 5.41) is 9.34. The normalized spacial score (nSPS) is 12.2. The largest absolute Gasteiger partial charge is 0.419 e. The van der Waals surface area contributed by atoms with E-state index in [9.17, 15) is 0 Å². The van der Waals surface area contributed by atoms with E-state index in [0.29, 0.717) is 11.8 Å². The van der Waals surface area contributed by atoms with Gasteiger partial charge in [-0.2, -0.15) is 0 Å². The monoisotopic (exact) mass is 241 g/mol. The summed E-state index contributed by atoms with van der Waals surface area (Å²) in [4.78, 5) is 3.28. The molecule has 0 aliphatic rings. The van der Waals surface area contributed by atoms with Crippen molar-refractivity contribution in [2.24, 2.45) is 0 Å². The Morgan fingerprint density at radius 2 is 1.89 bits per heavy atom. The number of rotatable bonds is 1. The molecule has 0 amide bonds. The molecular weight excluding hydrogens is 226 g/mol. The van der Waals surface area contributed by atoms with E-state index in [1.54, 1.807) is 0 Å². The van der Waals surface area contributed by atoms with Crippen molar-refractivity contribution < 1.29 is 4.42 Å². The van der Waals surface area contributed by atoms with E-state index >= 15 is 0 Å². The average molecular weight is 241 g/mol. The molecule has 18 heavy (non-hydrogen) atoms. The fourth-order valence-corrected chi connectivity index (χ4v) is 1.82. The van der Waals surface area contributed by atoms with Gasteiger partial charge < -0.3 is 9.40 Å². The van der Waals surface area contributed by atoms with E-state index < -0.39 is 0 Å². The lowest BCUT2D eigenvalue weighted by molar-refractivity contribution is 0.398. The Morgan fingerprint density at radius 1 is 1.11 bits per heavy atom. The molecule has 0 saturated carbocycles. The van der Waals surface area contributed by atoms with Crippen LogP contribution in [0, 0.1) is 0 Å². The number of nitrogens with zero attached hydrogens (tertiary/aromatic N) is 2. The lowest BCUT2D eigenvalue weighted by Crippen LogP contribution is -2.11. The summed E-state index contributed by atoms with van der Waals surface area (Å²) in [5.74, 6) is 1.19. The van der Waals surface area contributed by atoms with Crippen molar-refractivity contribution in [3.63, 3.8) is 0 Å². The van der Waals surface area contributed by atoms with Crippen LogP contribution in [0.1, 0.15) is 26.7 Å². The van der Waals surface area contributed by atoms with Gasteiger partial charge in [0.2, 0.25) is 5.89 Å². The highest BCUT2D eigenvalue weighted by Crippen LogP contribution is 2.26. The number of para-hydroxylation sites is 1. The molecule has 92 valence electrons. The van der Waals surface area contributed by atoms with Gasteiger partial charge in [0, 0.05) is 16.3 Å². The first-order chi connectivity index (χ1) is 8.54. The van der Waals surface area contributed by atoms with Crippen molar-refractivity contribution in [1.82, 2.24) is 15.2 Å². The van der Waals surface area contributed by atoms with Gasteiger partial charge in [0.05, 0.1) is 0 Å². The smallest absolute Gasteiger partial charge is 0.264 e. The highest BCUT2D eigenvalue weighted by Gasteiger charge is 2.22. The predicted molar refractivity (Wildman–Crippen MR) is 70.3 cm³/mol. The van der Waals surface area contributed by atoms with Crippen molar-refractivity contribution in [1.29, 1.82) is 0 Å². The number of hydrogen-bond acceptors (Lipinski definition) is 3. The Balaban J connectivity index is 2.06. The molecule has 0 radical (unpaired) electrons. The summed E-state index contributed by atoms with van der Waals surface area (Å²) in [6, 6.07) is 10.1. The van der Waals surface area contributed by atoms with Gasteiger partial charge in [-0.05, 0) is 12.1 Å². The van der Waals surface area contributed by atoms with Gasteiger partial charge in [0.15, 0.2) is 0 Å². The zero-order chi connectivity index (χ0) is 12.8. The van der Waals surface area contributed by atoms with Crippen LogP contribution in [0.15, 0.2) is 34.7 Å². The summed E-state index contributed by atoms with van der Waals surface area (Å²) in [6.07, 6.45) is 0. The molecule has 2 aromatic heterocycles. The number of fused-ring (bicyclic) bond motifs is 1. The first-order valence-electron chi connectivity index (χ1n) is 5.96. The first-order valence-corrected chi connectivity index (χ1v) is 5.96. The maximum absolute atomic E-state index is 5.71. The zero-order valence-corrected chi connectivity index (χ0v) is 10.7. The molecule has 0 atom stereocenters. The molecule has 1 aromatic carbocycles.